The number of para-hydroxylation sites is 2. The molecule has 0 aliphatic heterocycles. The van der Waals surface area contributed by atoms with E-state index in [1.54, 1.807) is 36.4 Å². The standard InChI is InChI=1S/C30H37N3O5S/c1-6-26(30(35)31-7-2)32(20-24-13-9-8-12-23(24)4)29(34)21-33(27-14-10-11-15-28(27)38-5)39(36,37)25-18-16-22(3)17-19-25/h8-19,26H,6-7,20-21H2,1-5H3,(H,31,35)/t26-/m1/s1. The molecule has 208 valence electrons. The number of carbonyl (C=O) groups is 2. The van der Waals surface area contributed by atoms with Gasteiger partial charge in [-0.15, -0.1) is 0 Å². The van der Waals surface area contributed by atoms with Gasteiger partial charge in [-0.25, -0.2) is 8.42 Å². The molecule has 0 saturated carbocycles. The van der Waals surface area contributed by atoms with Crippen molar-refractivity contribution < 1.29 is 22.7 Å². The predicted molar refractivity (Wildman–Crippen MR) is 153 cm³/mol. The molecule has 3 aromatic rings. The van der Waals surface area contributed by atoms with E-state index < -0.39 is 28.5 Å². The highest BCUT2D eigenvalue weighted by molar-refractivity contribution is 7.92. The molecule has 1 N–H and O–H groups in total. The summed E-state index contributed by atoms with van der Waals surface area (Å²) >= 11 is 0. The van der Waals surface area contributed by atoms with Gasteiger partial charge in [0.15, 0.2) is 0 Å². The van der Waals surface area contributed by atoms with Crippen LogP contribution in [0.2, 0.25) is 0 Å². The fourth-order valence-corrected chi connectivity index (χ4v) is 5.79. The molecule has 0 aliphatic carbocycles. The lowest BCUT2D eigenvalue weighted by atomic mass is 10.1. The number of nitrogens with one attached hydrogen (secondary N) is 1. The lowest BCUT2D eigenvalue weighted by molar-refractivity contribution is -0.140. The molecule has 0 radical (unpaired) electrons. The minimum Gasteiger partial charge on any atom is -0.495 e. The van der Waals surface area contributed by atoms with Crippen molar-refractivity contribution in [3.63, 3.8) is 0 Å². The van der Waals surface area contributed by atoms with Gasteiger partial charge in [0.2, 0.25) is 11.8 Å². The summed E-state index contributed by atoms with van der Waals surface area (Å²) in [6, 6.07) is 20.0. The van der Waals surface area contributed by atoms with Crippen LogP contribution in [0, 0.1) is 13.8 Å². The monoisotopic (exact) mass is 551 g/mol. The predicted octanol–water partition coefficient (Wildman–Crippen LogP) is 4.45. The summed E-state index contributed by atoms with van der Waals surface area (Å²) in [5.74, 6) is -0.479. The van der Waals surface area contributed by atoms with Crippen molar-refractivity contribution in [3.8, 4) is 5.75 Å². The number of amides is 2. The van der Waals surface area contributed by atoms with E-state index in [-0.39, 0.29) is 23.0 Å². The third-order valence-corrected chi connectivity index (χ3v) is 8.35. The van der Waals surface area contributed by atoms with Crippen LogP contribution < -0.4 is 14.4 Å². The van der Waals surface area contributed by atoms with Gasteiger partial charge in [-0.2, -0.15) is 0 Å². The van der Waals surface area contributed by atoms with Gasteiger partial charge >= 0.3 is 0 Å². The molecule has 0 fully saturated rings. The van der Waals surface area contributed by atoms with E-state index in [0.717, 1.165) is 21.0 Å². The van der Waals surface area contributed by atoms with Crippen LogP contribution in [-0.2, 0) is 26.2 Å². The first-order chi connectivity index (χ1) is 18.6. The molecular formula is C30H37N3O5S. The first-order valence-electron chi connectivity index (χ1n) is 13.0. The van der Waals surface area contributed by atoms with E-state index in [2.05, 4.69) is 5.32 Å². The molecule has 3 aromatic carbocycles. The number of methoxy groups -OCH3 is 1. The summed E-state index contributed by atoms with van der Waals surface area (Å²) < 4.78 is 34.5. The van der Waals surface area contributed by atoms with Gasteiger partial charge in [0, 0.05) is 13.1 Å². The summed E-state index contributed by atoms with van der Waals surface area (Å²) in [6.07, 6.45) is 0.364. The fraction of sp³-hybridized carbons (Fsp3) is 0.333. The SMILES string of the molecule is CCNC(=O)[C@@H](CC)N(Cc1ccccc1C)C(=O)CN(c1ccccc1OC)S(=O)(=O)c1ccc(C)cc1. The average Bonchev–Trinajstić information content (AvgIpc) is 2.92. The zero-order chi connectivity index (χ0) is 28.6. The number of rotatable bonds is 12. The third kappa shape index (κ3) is 6.97. The Hall–Kier alpha value is -3.85. The number of hydrogen-bond acceptors (Lipinski definition) is 5. The molecule has 2 amide bonds. The highest BCUT2D eigenvalue weighted by Gasteiger charge is 2.34. The Kier molecular flexibility index (Phi) is 10.1. The topological polar surface area (TPSA) is 96.0 Å². The quantitative estimate of drug-likeness (QED) is 0.359. The number of aryl methyl sites for hydroxylation is 2. The summed E-state index contributed by atoms with van der Waals surface area (Å²) in [6.45, 7) is 7.51. The van der Waals surface area contributed by atoms with Crippen molar-refractivity contribution >= 4 is 27.5 Å². The summed E-state index contributed by atoms with van der Waals surface area (Å²) in [7, 11) is -2.72. The molecule has 0 aliphatic rings. The Morgan fingerprint density at radius 1 is 0.923 bits per heavy atom. The number of benzene rings is 3. The first-order valence-corrected chi connectivity index (χ1v) is 14.4. The Labute approximate surface area is 231 Å². The molecule has 3 rings (SSSR count). The van der Waals surface area contributed by atoms with Gasteiger partial charge in [0.25, 0.3) is 10.0 Å². The van der Waals surface area contributed by atoms with Crippen molar-refractivity contribution in [2.45, 2.75) is 51.6 Å². The molecule has 0 spiro atoms. The molecule has 0 saturated heterocycles. The number of nitrogens with zero attached hydrogens (tertiary/aromatic N) is 2. The van der Waals surface area contributed by atoms with E-state index >= 15 is 0 Å². The lowest BCUT2D eigenvalue weighted by Gasteiger charge is -2.33. The van der Waals surface area contributed by atoms with Crippen LogP contribution in [0.3, 0.4) is 0 Å². The molecule has 9 heteroatoms. The fourth-order valence-electron chi connectivity index (χ4n) is 4.37. The van der Waals surface area contributed by atoms with E-state index in [4.69, 9.17) is 4.74 Å². The highest BCUT2D eigenvalue weighted by Crippen LogP contribution is 2.32. The minimum absolute atomic E-state index is 0.0491. The second-order valence-electron chi connectivity index (χ2n) is 9.26. The summed E-state index contributed by atoms with van der Waals surface area (Å²) in [4.78, 5) is 28.6. The van der Waals surface area contributed by atoms with Crippen molar-refractivity contribution in [2.24, 2.45) is 0 Å². The second kappa shape index (κ2) is 13.3. The number of likely N-dealkylation sites (N-methyl/N-ethyl adjacent to an activating group) is 1. The number of hydrogen-bond donors (Lipinski definition) is 1. The van der Waals surface area contributed by atoms with Crippen LogP contribution in [-0.4, -0.2) is 51.4 Å². The zero-order valence-electron chi connectivity index (χ0n) is 23.2. The maximum Gasteiger partial charge on any atom is 0.264 e. The van der Waals surface area contributed by atoms with Gasteiger partial charge < -0.3 is 15.0 Å². The van der Waals surface area contributed by atoms with Crippen molar-refractivity contribution in [1.29, 1.82) is 0 Å². The Morgan fingerprint density at radius 2 is 1.56 bits per heavy atom. The molecule has 8 nitrogen and oxygen atoms in total. The molecule has 0 aromatic heterocycles. The normalized spacial score (nSPS) is 11.9. The molecule has 1 atom stereocenters. The van der Waals surface area contributed by atoms with Crippen molar-refractivity contribution in [3.05, 3.63) is 89.5 Å². The Balaban J connectivity index is 2.11. The molecule has 0 unspecified atom stereocenters. The van der Waals surface area contributed by atoms with Crippen LogP contribution in [0.15, 0.2) is 77.7 Å². The van der Waals surface area contributed by atoms with Gasteiger partial charge in [-0.1, -0.05) is 61.0 Å². The van der Waals surface area contributed by atoms with E-state index in [1.807, 2.05) is 52.0 Å². The van der Waals surface area contributed by atoms with Gasteiger partial charge in [-0.05, 0) is 62.6 Å². The first kappa shape index (κ1) is 29.7. The number of sulfonamides is 1. The third-order valence-electron chi connectivity index (χ3n) is 6.58. The molecule has 39 heavy (non-hydrogen) atoms. The summed E-state index contributed by atoms with van der Waals surface area (Å²) in [5, 5.41) is 2.81. The van der Waals surface area contributed by atoms with Gasteiger partial charge in [0.1, 0.15) is 18.3 Å². The maximum absolute atomic E-state index is 14.1. The van der Waals surface area contributed by atoms with E-state index in [9.17, 15) is 18.0 Å². The minimum atomic E-state index is -4.17. The van der Waals surface area contributed by atoms with Crippen LogP contribution in [0.5, 0.6) is 5.75 Å². The molecule has 0 bridgehead atoms. The second-order valence-corrected chi connectivity index (χ2v) is 11.1. The van der Waals surface area contributed by atoms with Gasteiger partial charge in [-0.3, -0.25) is 13.9 Å². The number of anilines is 1. The average molecular weight is 552 g/mol. The highest BCUT2D eigenvalue weighted by atomic mass is 32.2. The van der Waals surface area contributed by atoms with E-state index in [1.165, 1.54) is 24.1 Å². The zero-order valence-corrected chi connectivity index (χ0v) is 24.0. The number of carbonyl (C=O) groups excluding carboxylic acids is 2. The van der Waals surface area contributed by atoms with Crippen LogP contribution in [0.4, 0.5) is 5.69 Å². The molecule has 0 heterocycles. The Morgan fingerprint density at radius 3 is 2.18 bits per heavy atom. The van der Waals surface area contributed by atoms with Gasteiger partial charge in [0.05, 0.1) is 17.7 Å². The smallest absolute Gasteiger partial charge is 0.264 e. The van der Waals surface area contributed by atoms with Crippen molar-refractivity contribution in [2.75, 3.05) is 24.5 Å². The van der Waals surface area contributed by atoms with Crippen LogP contribution in [0.25, 0.3) is 0 Å². The number of ether oxygens (including phenoxy) is 1. The van der Waals surface area contributed by atoms with Crippen molar-refractivity contribution in [1.82, 2.24) is 10.2 Å². The molecular weight excluding hydrogens is 514 g/mol. The lowest BCUT2D eigenvalue weighted by Crippen LogP contribution is -2.52. The van der Waals surface area contributed by atoms with E-state index in [0.29, 0.717) is 18.7 Å². The maximum atomic E-state index is 14.1. The summed E-state index contributed by atoms with van der Waals surface area (Å²) in [5.41, 5.74) is 2.98. The largest absolute Gasteiger partial charge is 0.495 e. The van der Waals surface area contributed by atoms with Crippen LogP contribution >= 0.6 is 0 Å². The Bertz CT molecular complexity index is 1390. The van der Waals surface area contributed by atoms with Crippen LogP contribution in [0.1, 0.15) is 37.0 Å².